The highest BCUT2D eigenvalue weighted by Crippen LogP contribution is 2.32. The van der Waals surface area contributed by atoms with Crippen LogP contribution in [0.1, 0.15) is 29.8 Å². The van der Waals surface area contributed by atoms with Crippen molar-refractivity contribution in [3.05, 3.63) is 59.7 Å². The number of anilines is 3. The number of nitrogens with zero attached hydrogens (tertiary/aromatic N) is 3. The largest absolute Gasteiger partial charge is 0.454 e. The molecule has 0 saturated heterocycles. The molecule has 0 fully saturated rings. The van der Waals surface area contributed by atoms with E-state index in [9.17, 15) is 4.79 Å². The third kappa shape index (κ3) is 9.27. The van der Waals surface area contributed by atoms with Crippen molar-refractivity contribution in [2.24, 2.45) is 0 Å². The molecule has 1 amide bonds. The average molecular weight is 538 g/mol. The predicted octanol–water partition coefficient (Wildman–Crippen LogP) is 2.91. The Morgan fingerprint density at radius 2 is 1.54 bits per heavy atom. The Hall–Kier alpha value is -4.16. The van der Waals surface area contributed by atoms with Crippen LogP contribution in [0, 0.1) is 0 Å². The van der Waals surface area contributed by atoms with E-state index in [1.807, 2.05) is 50.2 Å². The van der Waals surface area contributed by atoms with Crippen molar-refractivity contribution in [2.75, 3.05) is 62.3 Å². The quantitative estimate of drug-likeness (QED) is 0.200. The van der Waals surface area contributed by atoms with E-state index in [4.69, 9.17) is 18.9 Å². The van der Waals surface area contributed by atoms with Gasteiger partial charge in [0.2, 0.25) is 24.6 Å². The second-order valence-corrected chi connectivity index (χ2v) is 8.92. The lowest BCUT2D eigenvalue weighted by molar-refractivity contribution is 0.0519. The zero-order valence-electron chi connectivity index (χ0n) is 22.2. The highest BCUT2D eigenvalue weighted by molar-refractivity contribution is 5.94. The highest BCUT2D eigenvalue weighted by Gasteiger charge is 2.14. The third-order valence-electron chi connectivity index (χ3n) is 5.41. The first-order valence-electron chi connectivity index (χ1n) is 12.9. The van der Waals surface area contributed by atoms with Crippen molar-refractivity contribution < 1.29 is 23.7 Å². The fourth-order valence-electron chi connectivity index (χ4n) is 3.57. The molecule has 3 aromatic rings. The van der Waals surface area contributed by atoms with Gasteiger partial charge < -0.3 is 40.2 Å². The van der Waals surface area contributed by atoms with Crippen LogP contribution < -0.4 is 30.7 Å². The van der Waals surface area contributed by atoms with Crippen LogP contribution in [0.5, 0.6) is 11.5 Å². The first kappa shape index (κ1) is 27.9. The Balaban J connectivity index is 1.14. The zero-order chi connectivity index (χ0) is 27.3. The summed E-state index contributed by atoms with van der Waals surface area (Å²) < 4.78 is 22.0. The van der Waals surface area contributed by atoms with Gasteiger partial charge in [-0.1, -0.05) is 24.3 Å². The van der Waals surface area contributed by atoms with Gasteiger partial charge in [0.1, 0.15) is 0 Å². The van der Waals surface area contributed by atoms with Gasteiger partial charge in [-0.05, 0) is 43.7 Å². The van der Waals surface area contributed by atoms with Crippen LogP contribution >= 0.6 is 0 Å². The number of carbonyl (C=O) groups excluding carboxylic acids is 1. The van der Waals surface area contributed by atoms with E-state index in [2.05, 4.69) is 36.2 Å². The van der Waals surface area contributed by atoms with Gasteiger partial charge in [0.15, 0.2) is 11.5 Å². The van der Waals surface area contributed by atoms with Crippen LogP contribution in [0.15, 0.2) is 48.5 Å². The summed E-state index contributed by atoms with van der Waals surface area (Å²) in [6, 6.07) is 15.0. The number of fused-ring (bicyclic) bond motifs is 1. The zero-order valence-corrected chi connectivity index (χ0v) is 22.2. The smallest absolute Gasteiger partial charge is 0.251 e. The van der Waals surface area contributed by atoms with Crippen molar-refractivity contribution in [1.29, 1.82) is 0 Å². The van der Waals surface area contributed by atoms with E-state index in [-0.39, 0.29) is 18.7 Å². The molecule has 12 nitrogen and oxygen atoms in total. The summed E-state index contributed by atoms with van der Waals surface area (Å²) >= 11 is 0. The lowest BCUT2D eigenvalue weighted by atomic mass is 10.2. The molecular weight excluding hydrogens is 502 g/mol. The minimum absolute atomic E-state index is 0.113. The predicted molar refractivity (Wildman–Crippen MR) is 147 cm³/mol. The fourth-order valence-corrected chi connectivity index (χ4v) is 3.57. The SMILES string of the molecule is CC(C)Nc1nc(NCCOCCOCCNC(=O)c2ccccc2)nc(NCc2ccc3c(c2)OCO3)n1. The molecule has 1 aliphatic heterocycles. The number of hydrogen-bond donors (Lipinski definition) is 4. The lowest BCUT2D eigenvalue weighted by Crippen LogP contribution is -2.27. The minimum Gasteiger partial charge on any atom is -0.454 e. The van der Waals surface area contributed by atoms with E-state index in [0.717, 1.165) is 17.1 Å². The van der Waals surface area contributed by atoms with Crippen molar-refractivity contribution >= 4 is 23.8 Å². The van der Waals surface area contributed by atoms with E-state index in [1.54, 1.807) is 12.1 Å². The van der Waals surface area contributed by atoms with Gasteiger partial charge in [0, 0.05) is 31.2 Å². The van der Waals surface area contributed by atoms with Crippen molar-refractivity contribution in [1.82, 2.24) is 20.3 Å². The molecule has 39 heavy (non-hydrogen) atoms. The van der Waals surface area contributed by atoms with Crippen molar-refractivity contribution in [3.63, 3.8) is 0 Å². The fraction of sp³-hybridized carbons (Fsp3) is 0.407. The summed E-state index contributed by atoms with van der Waals surface area (Å²) in [6.45, 7) is 7.48. The molecule has 2 heterocycles. The topological polar surface area (TPSA) is 141 Å². The second-order valence-electron chi connectivity index (χ2n) is 8.92. The van der Waals surface area contributed by atoms with E-state index >= 15 is 0 Å². The maximum Gasteiger partial charge on any atom is 0.251 e. The van der Waals surface area contributed by atoms with Crippen LogP contribution in [0.2, 0.25) is 0 Å². The number of rotatable bonds is 16. The van der Waals surface area contributed by atoms with Crippen LogP contribution in [0.4, 0.5) is 17.8 Å². The molecule has 2 aromatic carbocycles. The van der Waals surface area contributed by atoms with Gasteiger partial charge in [0.05, 0.1) is 26.4 Å². The van der Waals surface area contributed by atoms with Crippen LogP contribution in [-0.4, -0.2) is 73.2 Å². The highest BCUT2D eigenvalue weighted by atomic mass is 16.7. The maximum absolute atomic E-state index is 12.0. The molecule has 208 valence electrons. The van der Waals surface area contributed by atoms with E-state index in [0.29, 0.717) is 69.5 Å². The van der Waals surface area contributed by atoms with Crippen LogP contribution in [0.3, 0.4) is 0 Å². The molecule has 0 bridgehead atoms. The van der Waals surface area contributed by atoms with Crippen LogP contribution in [0.25, 0.3) is 0 Å². The summed E-state index contributed by atoms with van der Waals surface area (Å²) in [4.78, 5) is 25.4. The van der Waals surface area contributed by atoms with Gasteiger partial charge in [-0.2, -0.15) is 15.0 Å². The number of nitrogens with one attached hydrogen (secondary N) is 4. The number of amides is 1. The molecule has 0 unspecified atom stereocenters. The molecule has 0 aliphatic carbocycles. The average Bonchev–Trinajstić information content (AvgIpc) is 3.41. The van der Waals surface area contributed by atoms with Crippen LogP contribution in [-0.2, 0) is 16.0 Å². The number of aromatic nitrogens is 3. The second kappa shape index (κ2) is 14.7. The number of carbonyl (C=O) groups is 1. The molecule has 1 aromatic heterocycles. The Kier molecular flexibility index (Phi) is 10.5. The van der Waals surface area contributed by atoms with Gasteiger partial charge in [0.25, 0.3) is 5.91 Å². The summed E-state index contributed by atoms with van der Waals surface area (Å²) in [7, 11) is 0. The summed E-state index contributed by atoms with van der Waals surface area (Å²) in [5.74, 6) is 2.73. The standard InChI is InChI=1S/C27H35N7O5/c1-19(2)31-27-33-25(32-26(34-27)30-17-20-8-9-22-23(16-20)39-18-38-22)29-11-13-37-15-14-36-12-10-28-24(35)21-6-4-3-5-7-21/h3-9,16,19H,10-15,17-18H2,1-2H3,(H,28,35)(H3,29,30,31,32,33,34). The summed E-state index contributed by atoms with van der Waals surface area (Å²) in [5, 5.41) is 12.5. The monoisotopic (exact) mass is 537 g/mol. The minimum atomic E-state index is -0.113. The number of hydrogen-bond acceptors (Lipinski definition) is 11. The lowest BCUT2D eigenvalue weighted by Gasteiger charge is -2.13. The summed E-state index contributed by atoms with van der Waals surface area (Å²) in [6.07, 6.45) is 0. The van der Waals surface area contributed by atoms with E-state index in [1.165, 1.54) is 0 Å². The summed E-state index contributed by atoms with van der Waals surface area (Å²) in [5.41, 5.74) is 1.65. The number of benzene rings is 2. The number of ether oxygens (including phenoxy) is 4. The van der Waals surface area contributed by atoms with Gasteiger partial charge >= 0.3 is 0 Å². The first-order chi connectivity index (χ1) is 19.1. The molecule has 4 rings (SSSR count). The van der Waals surface area contributed by atoms with E-state index < -0.39 is 0 Å². The molecule has 0 saturated carbocycles. The Labute approximate surface area is 227 Å². The van der Waals surface area contributed by atoms with Gasteiger partial charge in [-0.3, -0.25) is 4.79 Å². The molecule has 1 aliphatic rings. The van der Waals surface area contributed by atoms with Crippen molar-refractivity contribution in [3.8, 4) is 11.5 Å². The van der Waals surface area contributed by atoms with Gasteiger partial charge in [-0.25, -0.2) is 0 Å². The molecule has 12 heteroatoms. The Morgan fingerprint density at radius 3 is 2.31 bits per heavy atom. The molecule has 0 atom stereocenters. The maximum atomic E-state index is 12.0. The molecular formula is C27H35N7O5. The van der Waals surface area contributed by atoms with Gasteiger partial charge in [-0.15, -0.1) is 0 Å². The van der Waals surface area contributed by atoms with Crippen molar-refractivity contribution in [2.45, 2.75) is 26.4 Å². The normalized spacial score (nSPS) is 11.9. The molecule has 0 radical (unpaired) electrons. The Bertz CT molecular complexity index is 1200. The first-order valence-corrected chi connectivity index (χ1v) is 12.9. The third-order valence-corrected chi connectivity index (χ3v) is 5.41. The Morgan fingerprint density at radius 1 is 0.846 bits per heavy atom. The molecule has 4 N–H and O–H groups in total. The molecule has 0 spiro atoms.